The minimum absolute atomic E-state index is 0.0680. The van der Waals surface area contributed by atoms with Crippen molar-refractivity contribution in [3.63, 3.8) is 0 Å². The molecule has 0 bridgehead atoms. The van der Waals surface area contributed by atoms with Gasteiger partial charge in [0.15, 0.2) is 0 Å². The number of nitrogens with zero attached hydrogens (tertiary/aromatic N) is 3. The van der Waals surface area contributed by atoms with Crippen LogP contribution in [0.4, 0.5) is 13.2 Å². The minimum Gasteiger partial charge on any atom is -0.339 e. The number of carbonyl (C=O) groups excluding carboxylic acids is 1. The number of carbonyl (C=O) groups is 1. The van der Waals surface area contributed by atoms with Crippen LogP contribution in [0.1, 0.15) is 34.5 Å². The Morgan fingerprint density at radius 3 is 2.03 bits per heavy atom. The topological polar surface area (TPSA) is 46.1 Å². The van der Waals surface area contributed by atoms with E-state index in [-0.39, 0.29) is 16.9 Å². The molecule has 1 saturated heterocycles. The summed E-state index contributed by atoms with van der Waals surface area (Å²) in [7, 11) is 0. The lowest BCUT2D eigenvalue weighted by Gasteiger charge is -2.15. The number of amides is 1. The van der Waals surface area contributed by atoms with Gasteiger partial charge < -0.3 is 4.90 Å². The zero-order chi connectivity index (χ0) is 23.9. The van der Waals surface area contributed by atoms with Crippen molar-refractivity contribution in [2.24, 2.45) is 0 Å². The van der Waals surface area contributed by atoms with Crippen LogP contribution in [0.25, 0.3) is 33.4 Å². The summed E-state index contributed by atoms with van der Waals surface area (Å²) in [6.45, 7) is 3.30. The zero-order valence-electron chi connectivity index (χ0n) is 18.6. The number of likely N-dealkylation sites (tertiary alicyclic amines) is 1. The molecule has 2 heterocycles. The molecule has 1 aliphatic rings. The quantitative estimate of drug-likeness (QED) is 0.349. The Morgan fingerprint density at radius 2 is 1.41 bits per heavy atom. The number of para-hydroxylation sites is 1. The van der Waals surface area contributed by atoms with E-state index in [1.165, 1.54) is 6.07 Å². The Hall–Kier alpha value is -3.74. The maximum atomic E-state index is 13.3. The van der Waals surface area contributed by atoms with E-state index in [0.717, 1.165) is 48.7 Å². The molecule has 172 valence electrons. The highest BCUT2D eigenvalue weighted by molar-refractivity contribution is 5.95. The number of aryl methyl sites for hydroxylation is 1. The van der Waals surface area contributed by atoms with Gasteiger partial charge in [-0.1, -0.05) is 42.5 Å². The number of halogens is 3. The van der Waals surface area contributed by atoms with E-state index >= 15 is 0 Å². The zero-order valence-corrected chi connectivity index (χ0v) is 18.6. The highest BCUT2D eigenvalue weighted by Gasteiger charge is 2.33. The molecule has 0 spiro atoms. The van der Waals surface area contributed by atoms with Gasteiger partial charge in [0.25, 0.3) is 5.91 Å². The molecule has 1 aromatic heterocycles. The van der Waals surface area contributed by atoms with Gasteiger partial charge in [-0.25, -0.2) is 9.97 Å². The van der Waals surface area contributed by atoms with Crippen molar-refractivity contribution in [1.29, 1.82) is 0 Å². The molecule has 1 aliphatic heterocycles. The fraction of sp³-hybridized carbons (Fsp3) is 0.222. The van der Waals surface area contributed by atoms with Crippen molar-refractivity contribution in [3.05, 3.63) is 83.6 Å². The van der Waals surface area contributed by atoms with Crippen LogP contribution in [0.15, 0.2) is 66.7 Å². The van der Waals surface area contributed by atoms with Crippen molar-refractivity contribution < 1.29 is 18.0 Å². The van der Waals surface area contributed by atoms with Crippen molar-refractivity contribution >= 4 is 16.9 Å². The van der Waals surface area contributed by atoms with Crippen LogP contribution in [0, 0.1) is 6.92 Å². The third kappa shape index (κ3) is 4.14. The van der Waals surface area contributed by atoms with Crippen LogP contribution in [0.5, 0.6) is 0 Å². The molecule has 5 rings (SSSR count). The van der Waals surface area contributed by atoms with Gasteiger partial charge in [0, 0.05) is 24.2 Å². The van der Waals surface area contributed by atoms with E-state index in [0.29, 0.717) is 17.0 Å². The van der Waals surface area contributed by atoms with Gasteiger partial charge in [-0.05, 0) is 55.2 Å². The summed E-state index contributed by atoms with van der Waals surface area (Å²) in [5, 5.41) is 0. The molecule has 4 nitrogen and oxygen atoms in total. The van der Waals surface area contributed by atoms with Crippen molar-refractivity contribution in [1.82, 2.24) is 14.9 Å². The highest BCUT2D eigenvalue weighted by atomic mass is 19.4. The summed E-state index contributed by atoms with van der Waals surface area (Å²) in [5.41, 5.74) is 3.65. The number of fused-ring (bicyclic) bond motifs is 1. The fourth-order valence-corrected chi connectivity index (χ4v) is 4.39. The number of hydrogen-bond acceptors (Lipinski definition) is 3. The Morgan fingerprint density at radius 1 is 0.824 bits per heavy atom. The molecule has 0 N–H and O–H groups in total. The van der Waals surface area contributed by atoms with Crippen molar-refractivity contribution in [3.8, 4) is 22.4 Å². The third-order valence-corrected chi connectivity index (χ3v) is 6.19. The Bertz CT molecular complexity index is 1360. The van der Waals surface area contributed by atoms with Gasteiger partial charge in [-0.2, -0.15) is 13.2 Å². The molecule has 1 amide bonds. The van der Waals surface area contributed by atoms with E-state index in [4.69, 9.17) is 0 Å². The molecule has 1 fully saturated rings. The van der Waals surface area contributed by atoms with E-state index < -0.39 is 11.7 Å². The van der Waals surface area contributed by atoms with Crippen LogP contribution >= 0.6 is 0 Å². The lowest BCUT2D eigenvalue weighted by molar-refractivity contribution is -0.136. The smallest absolute Gasteiger partial charge is 0.339 e. The molecule has 0 radical (unpaired) electrons. The number of aromatic nitrogens is 2. The van der Waals surface area contributed by atoms with Crippen LogP contribution in [-0.2, 0) is 6.18 Å². The van der Waals surface area contributed by atoms with Crippen LogP contribution in [-0.4, -0.2) is 33.9 Å². The van der Waals surface area contributed by atoms with Gasteiger partial charge in [0.2, 0.25) is 0 Å². The Kier molecular flexibility index (Phi) is 5.55. The first-order valence-corrected chi connectivity index (χ1v) is 11.2. The van der Waals surface area contributed by atoms with E-state index in [2.05, 4.69) is 9.97 Å². The number of hydrogen-bond donors (Lipinski definition) is 0. The molecule has 34 heavy (non-hydrogen) atoms. The first-order chi connectivity index (χ1) is 16.3. The SMILES string of the molecule is Cc1nc2c(C(F)(F)F)cccc2nc1-c1ccc(-c2ccc(C(=O)N3CCCC3)cc2)cc1. The highest BCUT2D eigenvalue weighted by Crippen LogP contribution is 2.35. The standard InChI is InChI=1S/C27H22F3N3O/c1-17-24(32-23-6-4-5-22(25(23)31-17)27(28,29)30)20-11-7-18(8-12-20)19-9-13-21(14-10-19)26(34)33-15-2-3-16-33/h4-14H,2-3,15-16H2,1H3. The summed E-state index contributed by atoms with van der Waals surface area (Å²) in [6, 6.07) is 19.1. The van der Waals surface area contributed by atoms with Gasteiger partial charge in [-0.15, -0.1) is 0 Å². The molecule has 0 saturated carbocycles. The summed E-state index contributed by atoms with van der Waals surface area (Å²) in [4.78, 5) is 23.2. The van der Waals surface area contributed by atoms with E-state index in [1.807, 2.05) is 53.4 Å². The fourth-order valence-electron chi connectivity index (χ4n) is 4.39. The minimum atomic E-state index is -4.49. The maximum Gasteiger partial charge on any atom is 0.418 e. The molecule has 0 unspecified atom stereocenters. The lowest BCUT2D eigenvalue weighted by Crippen LogP contribution is -2.27. The third-order valence-electron chi connectivity index (χ3n) is 6.19. The van der Waals surface area contributed by atoms with Gasteiger partial charge >= 0.3 is 6.18 Å². The molecular weight excluding hydrogens is 439 g/mol. The lowest BCUT2D eigenvalue weighted by atomic mass is 10.0. The summed E-state index contributed by atoms with van der Waals surface area (Å²) in [6.07, 6.45) is -2.38. The van der Waals surface area contributed by atoms with Gasteiger partial charge in [0.1, 0.15) is 5.52 Å². The predicted molar refractivity (Wildman–Crippen MR) is 125 cm³/mol. The van der Waals surface area contributed by atoms with Crippen LogP contribution < -0.4 is 0 Å². The van der Waals surface area contributed by atoms with Gasteiger partial charge in [0.05, 0.1) is 22.5 Å². The molecular formula is C27H22F3N3O. The summed E-state index contributed by atoms with van der Waals surface area (Å²) >= 11 is 0. The van der Waals surface area contributed by atoms with Crippen LogP contribution in [0.3, 0.4) is 0 Å². The summed E-state index contributed by atoms with van der Waals surface area (Å²) < 4.78 is 40.0. The maximum absolute atomic E-state index is 13.3. The molecule has 7 heteroatoms. The predicted octanol–water partition coefficient (Wildman–Crippen LogP) is 6.53. The summed E-state index contributed by atoms with van der Waals surface area (Å²) in [5.74, 6) is 0.0680. The Labute approximate surface area is 195 Å². The van der Waals surface area contributed by atoms with Crippen LogP contribution in [0.2, 0.25) is 0 Å². The Balaban J connectivity index is 1.42. The monoisotopic (exact) mass is 461 g/mol. The largest absolute Gasteiger partial charge is 0.418 e. The van der Waals surface area contributed by atoms with E-state index in [1.54, 1.807) is 13.0 Å². The molecule has 3 aromatic carbocycles. The second-order valence-electron chi connectivity index (χ2n) is 8.48. The molecule has 0 aliphatic carbocycles. The number of alkyl halides is 3. The second-order valence-corrected chi connectivity index (χ2v) is 8.48. The first kappa shape index (κ1) is 22.1. The normalized spacial score (nSPS) is 14.1. The first-order valence-electron chi connectivity index (χ1n) is 11.2. The number of benzene rings is 3. The van der Waals surface area contributed by atoms with E-state index in [9.17, 15) is 18.0 Å². The average molecular weight is 461 g/mol. The molecule has 0 atom stereocenters. The van der Waals surface area contributed by atoms with Gasteiger partial charge in [-0.3, -0.25) is 4.79 Å². The van der Waals surface area contributed by atoms with Crippen molar-refractivity contribution in [2.45, 2.75) is 25.9 Å². The van der Waals surface area contributed by atoms with Crippen molar-refractivity contribution in [2.75, 3.05) is 13.1 Å². The average Bonchev–Trinajstić information content (AvgIpc) is 3.37. The number of rotatable bonds is 3. The second kappa shape index (κ2) is 8.56. The molecule has 4 aromatic rings.